The molecule has 3 N–H and O–H groups in total. The van der Waals surface area contributed by atoms with Crippen molar-refractivity contribution in [3.63, 3.8) is 0 Å². The Morgan fingerprint density at radius 3 is 2.67 bits per heavy atom. The number of anilines is 1. The van der Waals surface area contributed by atoms with Crippen molar-refractivity contribution >= 4 is 33.3 Å². The number of carbonyl (C=O) groups excluding carboxylic acids is 1. The van der Waals surface area contributed by atoms with Crippen molar-refractivity contribution in [3.05, 3.63) is 95.6 Å². The number of nitrogens with one attached hydrogen (secondary N) is 1. The first-order valence-electron chi connectivity index (χ1n) is 9.95. The Hall–Kier alpha value is -3.92. The zero-order valence-electron chi connectivity index (χ0n) is 16.6. The van der Waals surface area contributed by atoms with Crippen molar-refractivity contribution in [2.24, 2.45) is 0 Å². The van der Waals surface area contributed by atoms with Gasteiger partial charge < -0.3 is 5.73 Å². The van der Waals surface area contributed by atoms with Crippen molar-refractivity contribution in [3.8, 4) is 11.1 Å². The quantitative estimate of drug-likeness (QED) is 0.386. The van der Waals surface area contributed by atoms with Crippen LogP contribution in [0.1, 0.15) is 21.5 Å². The highest BCUT2D eigenvalue weighted by Crippen LogP contribution is 2.33. The van der Waals surface area contributed by atoms with E-state index >= 15 is 0 Å². The predicted molar refractivity (Wildman–Crippen MR) is 123 cm³/mol. The Bertz CT molecular complexity index is 1410. The number of nitrogen functional groups attached to an aromatic ring is 1. The molecule has 4 aromatic carbocycles. The smallest absolute Gasteiger partial charge is 0.167 e. The molecule has 0 fully saturated rings. The standard InChI is InChI=1S/C26H21N3O/c1-16-6-2-3-7-17(16)15-24(30)22-10-4-8-18-14-19(12-13-20(18)22)21-9-5-11-23-25(21)26(27)29-28-23/h2-14H,15H2,1H3,(H3,27,28,29). The highest BCUT2D eigenvalue weighted by molar-refractivity contribution is 6.10. The summed E-state index contributed by atoms with van der Waals surface area (Å²) in [5.41, 5.74) is 12.0. The summed E-state index contributed by atoms with van der Waals surface area (Å²) < 4.78 is 0. The molecule has 0 atom stereocenters. The highest BCUT2D eigenvalue weighted by Gasteiger charge is 2.14. The van der Waals surface area contributed by atoms with Gasteiger partial charge in [0.25, 0.3) is 0 Å². The molecule has 4 nitrogen and oxygen atoms in total. The second kappa shape index (κ2) is 7.16. The molecule has 0 unspecified atom stereocenters. The number of fused-ring (bicyclic) bond motifs is 2. The average Bonchev–Trinajstić information content (AvgIpc) is 3.15. The Morgan fingerprint density at radius 1 is 0.967 bits per heavy atom. The predicted octanol–water partition coefficient (Wildman–Crippen LogP) is 5.70. The largest absolute Gasteiger partial charge is 0.382 e. The number of hydrogen-bond donors (Lipinski definition) is 2. The fourth-order valence-electron chi connectivity index (χ4n) is 4.11. The first-order chi connectivity index (χ1) is 14.6. The molecule has 1 heterocycles. The van der Waals surface area contributed by atoms with Gasteiger partial charge in [-0.2, -0.15) is 5.10 Å². The van der Waals surface area contributed by atoms with Crippen LogP contribution in [0.25, 0.3) is 32.8 Å². The Morgan fingerprint density at radius 2 is 1.80 bits per heavy atom. The number of aromatic amines is 1. The minimum absolute atomic E-state index is 0.129. The molecule has 0 bridgehead atoms. The summed E-state index contributed by atoms with van der Waals surface area (Å²) in [6.07, 6.45) is 0.401. The molecular weight excluding hydrogens is 370 g/mol. The Labute approximate surface area is 174 Å². The zero-order chi connectivity index (χ0) is 20.7. The van der Waals surface area contributed by atoms with Gasteiger partial charge in [0.15, 0.2) is 11.6 Å². The van der Waals surface area contributed by atoms with E-state index in [0.717, 1.165) is 49.5 Å². The van der Waals surface area contributed by atoms with Crippen LogP contribution in [0.2, 0.25) is 0 Å². The third kappa shape index (κ3) is 3.03. The number of rotatable bonds is 4. The van der Waals surface area contributed by atoms with Crippen LogP contribution in [0.5, 0.6) is 0 Å². The fourth-order valence-corrected chi connectivity index (χ4v) is 4.11. The van der Waals surface area contributed by atoms with Gasteiger partial charge in [-0.3, -0.25) is 9.89 Å². The molecule has 4 heteroatoms. The number of ketones is 1. The van der Waals surface area contributed by atoms with E-state index in [-0.39, 0.29) is 5.78 Å². The van der Waals surface area contributed by atoms with E-state index in [0.29, 0.717) is 12.2 Å². The molecule has 0 saturated carbocycles. The maximum atomic E-state index is 13.1. The Balaban J connectivity index is 1.58. The molecule has 0 aliphatic carbocycles. The lowest BCUT2D eigenvalue weighted by Gasteiger charge is -2.10. The van der Waals surface area contributed by atoms with Crippen LogP contribution in [-0.4, -0.2) is 16.0 Å². The molecule has 5 aromatic rings. The van der Waals surface area contributed by atoms with Crippen molar-refractivity contribution in [1.29, 1.82) is 0 Å². The van der Waals surface area contributed by atoms with Gasteiger partial charge in [0.1, 0.15) is 0 Å². The van der Waals surface area contributed by atoms with Gasteiger partial charge in [-0.1, -0.05) is 66.7 Å². The van der Waals surface area contributed by atoms with Gasteiger partial charge >= 0.3 is 0 Å². The van der Waals surface area contributed by atoms with Crippen molar-refractivity contribution < 1.29 is 4.79 Å². The van der Waals surface area contributed by atoms with E-state index in [1.165, 1.54) is 0 Å². The van der Waals surface area contributed by atoms with E-state index in [4.69, 9.17) is 5.73 Å². The van der Waals surface area contributed by atoms with Gasteiger partial charge in [0, 0.05) is 12.0 Å². The molecule has 146 valence electrons. The van der Waals surface area contributed by atoms with Crippen LogP contribution < -0.4 is 5.73 Å². The number of Topliss-reactive ketones (excluding diaryl/α,β-unsaturated/α-hetero) is 1. The molecule has 30 heavy (non-hydrogen) atoms. The summed E-state index contributed by atoms with van der Waals surface area (Å²) in [5, 5.41) is 10.0. The van der Waals surface area contributed by atoms with Crippen LogP contribution in [0.15, 0.2) is 78.9 Å². The van der Waals surface area contributed by atoms with Crippen molar-refractivity contribution in [2.45, 2.75) is 13.3 Å². The Kier molecular flexibility index (Phi) is 4.32. The number of nitrogens with two attached hydrogens (primary N) is 1. The summed E-state index contributed by atoms with van der Waals surface area (Å²) in [6.45, 7) is 2.04. The lowest BCUT2D eigenvalue weighted by Crippen LogP contribution is -2.05. The van der Waals surface area contributed by atoms with E-state index in [2.05, 4.69) is 16.3 Å². The maximum Gasteiger partial charge on any atom is 0.167 e. The van der Waals surface area contributed by atoms with Crippen LogP contribution in [0.4, 0.5) is 5.82 Å². The summed E-state index contributed by atoms with van der Waals surface area (Å²) >= 11 is 0. The minimum Gasteiger partial charge on any atom is -0.382 e. The number of nitrogens with zero attached hydrogens (tertiary/aromatic N) is 1. The van der Waals surface area contributed by atoms with Crippen LogP contribution >= 0.6 is 0 Å². The van der Waals surface area contributed by atoms with Crippen molar-refractivity contribution in [2.75, 3.05) is 5.73 Å². The second-order valence-electron chi connectivity index (χ2n) is 7.60. The fraction of sp³-hybridized carbons (Fsp3) is 0.0769. The molecule has 0 aliphatic rings. The summed E-state index contributed by atoms with van der Waals surface area (Å²) in [4.78, 5) is 13.1. The van der Waals surface area contributed by atoms with Crippen LogP contribution in [0.3, 0.4) is 0 Å². The third-order valence-electron chi connectivity index (χ3n) is 5.72. The van der Waals surface area contributed by atoms with Gasteiger partial charge in [0.2, 0.25) is 0 Å². The molecule has 5 rings (SSSR count). The molecule has 0 saturated heterocycles. The number of aromatic nitrogens is 2. The number of hydrogen-bond acceptors (Lipinski definition) is 3. The van der Waals surface area contributed by atoms with Crippen LogP contribution in [0, 0.1) is 6.92 Å². The summed E-state index contributed by atoms with van der Waals surface area (Å²) in [6, 6.07) is 26.1. The second-order valence-corrected chi connectivity index (χ2v) is 7.60. The number of aryl methyl sites for hydroxylation is 1. The zero-order valence-corrected chi connectivity index (χ0v) is 16.6. The molecule has 1 aromatic heterocycles. The minimum atomic E-state index is 0.129. The average molecular weight is 391 g/mol. The van der Waals surface area contributed by atoms with Gasteiger partial charge in [-0.05, 0) is 52.1 Å². The van der Waals surface area contributed by atoms with E-state index < -0.39 is 0 Å². The number of benzene rings is 4. The SMILES string of the molecule is Cc1ccccc1CC(=O)c1cccc2cc(-c3cccc4[nH]nc(N)c34)ccc12. The molecule has 0 spiro atoms. The first kappa shape index (κ1) is 18.1. The maximum absolute atomic E-state index is 13.1. The summed E-state index contributed by atoms with van der Waals surface area (Å²) in [5.74, 6) is 0.617. The van der Waals surface area contributed by atoms with Crippen LogP contribution in [-0.2, 0) is 6.42 Å². The molecular formula is C26H21N3O. The van der Waals surface area contributed by atoms with E-state index in [9.17, 15) is 4.79 Å². The first-order valence-corrected chi connectivity index (χ1v) is 9.95. The lowest BCUT2D eigenvalue weighted by molar-refractivity contribution is 0.0994. The number of carbonyl (C=O) groups is 1. The molecule has 0 radical (unpaired) electrons. The van der Waals surface area contributed by atoms with E-state index in [1.807, 2.05) is 79.7 Å². The topological polar surface area (TPSA) is 71.8 Å². The molecule has 0 aliphatic heterocycles. The third-order valence-corrected chi connectivity index (χ3v) is 5.72. The highest BCUT2D eigenvalue weighted by atomic mass is 16.1. The summed E-state index contributed by atoms with van der Waals surface area (Å²) in [7, 11) is 0. The van der Waals surface area contributed by atoms with Gasteiger partial charge in [0.05, 0.1) is 10.9 Å². The normalized spacial score (nSPS) is 11.2. The van der Waals surface area contributed by atoms with Crippen molar-refractivity contribution in [1.82, 2.24) is 10.2 Å². The molecule has 0 amide bonds. The van der Waals surface area contributed by atoms with E-state index in [1.54, 1.807) is 0 Å². The van der Waals surface area contributed by atoms with Gasteiger partial charge in [-0.15, -0.1) is 0 Å². The monoisotopic (exact) mass is 391 g/mol. The van der Waals surface area contributed by atoms with Gasteiger partial charge in [-0.25, -0.2) is 0 Å². The lowest BCUT2D eigenvalue weighted by atomic mass is 9.93. The number of H-pyrrole nitrogens is 1.